The van der Waals surface area contributed by atoms with Crippen LogP contribution in [0, 0.1) is 0 Å². The monoisotopic (exact) mass is 434 g/mol. The molecule has 0 aliphatic heterocycles. The molecule has 164 valence electrons. The zero-order valence-corrected chi connectivity index (χ0v) is 17.2. The van der Waals surface area contributed by atoms with E-state index >= 15 is 0 Å². The minimum absolute atomic E-state index is 0.00218. The van der Waals surface area contributed by atoms with E-state index in [1.807, 2.05) is 36.4 Å². The Hall–Kier alpha value is -4.07. The number of aliphatic carboxylic acids is 1. The number of hydrogen-bond acceptors (Lipinski definition) is 5. The Kier molecular flexibility index (Phi) is 6.21. The number of rotatable bonds is 8. The summed E-state index contributed by atoms with van der Waals surface area (Å²) in [7, 11) is 0. The summed E-state index contributed by atoms with van der Waals surface area (Å²) in [5, 5.41) is 13.7. The number of carboxylic acid groups (broad SMARTS) is 1. The quantitative estimate of drug-likeness (QED) is 0.499. The first-order valence-corrected chi connectivity index (χ1v) is 10.2. The van der Waals surface area contributed by atoms with Crippen molar-refractivity contribution in [2.45, 2.75) is 18.9 Å². The number of carbonyl (C=O) groups excluding carboxylic acids is 2. The van der Waals surface area contributed by atoms with Crippen LogP contribution in [0.15, 0.2) is 65.1 Å². The summed E-state index contributed by atoms with van der Waals surface area (Å²) in [4.78, 5) is 34.7. The average molecular weight is 434 g/mol. The lowest BCUT2D eigenvalue weighted by Gasteiger charge is -2.14. The first kappa shape index (κ1) is 21.2. The topological polar surface area (TPSA) is 118 Å². The first-order chi connectivity index (χ1) is 15.5. The molecule has 1 aromatic heterocycles. The third kappa shape index (κ3) is 4.64. The maximum atomic E-state index is 12.2. The lowest BCUT2D eigenvalue weighted by atomic mass is 9.98. The lowest BCUT2D eigenvalue weighted by Crippen LogP contribution is -2.26. The van der Waals surface area contributed by atoms with Crippen LogP contribution in [0.4, 0.5) is 4.79 Å². The molecule has 0 fully saturated rings. The van der Waals surface area contributed by atoms with Crippen molar-refractivity contribution >= 4 is 18.0 Å². The SMILES string of the molecule is O=C(O)CCNC(=O)c1ccc(CNC(=O)OCC2c3ccccc3-c3ccccc32)o1. The van der Waals surface area contributed by atoms with Gasteiger partial charge in [-0.3, -0.25) is 9.59 Å². The molecule has 8 heteroatoms. The first-order valence-electron chi connectivity index (χ1n) is 10.2. The van der Waals surface area contributed by atoms with Gasteiger partial charge in [-0.05, 0) is 34.4 Å². The highest BCUT2D eigenvalue weighted by molar-refractivity contribution is 5.91. The molecule has 0 radical (unpaired) electrons. The zero-order valence-electron chi connectivity index (χ0n) is 17.2. The van der Waals surface area contributed by atoms with Gasteiger partial charge in [-0.2, -0.15) is 0 Å². The Labute approximate surface area is 184 Å². The summed E-state index contributed by atoms with van der Waals surface area (Å²) >= 11 is 0. The maximum Gasteiger partial charge on any atom is 0.407 e. The Balaban J connectivity index is 1.29. The molecular weight excluding hydrogens is 412 g/mol. The predicted octanol–water partition coefficient (Wildman–Crippen LogP) is 3.52. The fourth-order valence-electron chi connectivity index (χ4n) is 3.77. The molecule has 3 aromatic rings. The fraction of sp³-hybridized carbons (Fsp3) is 0.208. The number of carbonyl (C=O) groups is 3. The van der Waals surface area contributed by atoms with Gasteiger partial charge in [0.05, 0.1) is 13.0 Å². The van der Waals surface area contributed by atoms with Crippen LogP contribution >= 0.6 is 0 Å². The van der Waals surface area contributed by atoms with E-state index in [-0.39, 0.29) is 37.8 Å². The highest BCUT2D eigenvalue weighted by atomic mass is 16.5. The van der Waals surface area contributed by atoms with Crippen molar-refractivity contribution in [1.29, 1.82) is 0 Å². The van der Waals surface area contributed by atoms with Crippen LogP contribution in [-0.4, -0.2) is 36.2 Å². The number of furan rings is 1. The van der Waals surface area contributed by atoms with Gasteiger partial charge < -0.3 is 24.9 Å². The van der Waals surface area contributed by atoms with Gasteiger partial charge in [0.1, 0.15) is 12.4 Å². The fourth-order valence-corrected chi connectivity index (χ4v) is 3.77. The molecule has 0 bridgehead atoms. The van der Waals surface area contributed by atoms with Gasteiger partial charge in [0, 0.05) is 12.5 Å². The molecule has 0 spiro atoms. The molecule has 2 aromatic carbocycles. The van der Waals surface area contributed by atoms with Crippen LogP contribution in [0.1, 0.15) is 39.8 Å². The molecule has 1 aliphatic rings. The van der Waals surface area contributed by atoms with E-state index in [0.717, 1.165) is 22.3 Å². The average Bonchev–Trinajstić information content (AvgIpc) is 3.39. The van der Waals surface area contributed by atoms with E-state index in [1.54, 1.807) is 6.07 Å². The highest BCUT2D eigenvalue weighted by Gasteiger charge is 2.29. The molecule has 3 N–H and O–H groups in total. The van der Waals surface area contributed by atoms with Crippen molar-refractivity contribution in [3.63, 3.8) is 0 Å². The van der Waals surface area contributed by atoms with Gasteiger partial charge in [0.2, 0.25) is 0 Å². The Morgan fingerprint density at radius 1 is 0.906 bits per heavy atom. The lowest BCUT2D eigenvalue weighted by molar-refractivity contribution is -0.136. The van der Waals surface area contributed by atoms with Gasteiger partial charge in [0.25, 0.3) is 5.91 Å². The van der Waals surface area contributed by atoms with E-state index < -0.39 is 18.0 Å². The van der Waals surface area contributed by atoms with Crippen LogP contribution in [-0.2, 0) is 16.1 Å². The van der Waals surface area contributed by atoms with Gasteiger partial charge in [-0.1, -0.05) is 48.5 Å². The number of hydrogen-bond donors (Lipinski definition) is 3. The van der Waals surface area contributed by atoms with E-state index in [0.29, 0.717) is 5.76 Å². The van der Waals surface area contributed by atoms with E-state index in [4.69, 9.17) is 14.3 Å². The minimum atomic E-state index is -1.00. The molecule has 1 aliphatic carbocycles. The number of alkyl carbamates (subject to hydrolysis) is 1. The van der Waals surface area contributed by atoms with Crippen LogP contribution in [0.3, 0.4) is 0 Å². The van der Waals surface area contributed by atoms with Gasteiger partial charge in [-0.15, -0.1) is 0 Å². The molecule has 0 atom stereocenters. The number of ether oxygens (including phenoxy) is 1. The number of benzene rings is 2. The smallest absolute Gasteiger partial charge is 0.407 e. The van der Waals surface area contributed by atoms with Crippen molar-refractivity contribution in [3.05, 3.63) is 83.3 Å². The summed E-state index contributed by atoms with van der Waals surface area (Å²) in [6.45, 7) is 0.260. The number of amides is 2. The van der Waals surface area contributed by atoms with Gasteiger partial charge >= 0.3 is 12.1 Å². The standard InChI is InChI=1S/C24H22N2O6/c27-22(28)11-12-25-23(29)21-10-9-15(32-21)13-26-24(30)31-14-20-18-7-3-1-5-16(18)17-6-2-4-8-19(17)20/h1-10,20H,11-14H2,(H,25,29)(H,26,30)(H,27,28). The number of carboxylic acids is 1. The van der Waals surface area contributed by atoms with Gasteiger partial charge in [-0.25, -0.2) is 4.79 Å². The highest BCUT2D eigenvalue weighted by Crippen LogP contribution is 2.44. The van der Waals surface area contributed by atoms with Crippen molar-refractivity contribution in [3.8, 4) is 11.1 Å². The van der Waals surface area contributed by atoms with Crippen molar-refractivity contribution in [2.75, 3.05) is 13.2 Å². The Morgan fingerprint density at radius 3 is 2.22 bits per heavy atom. The Bertz CT molecular complexity index is 1110. The molecule has 0 saturated heterocycles. The molecular formula is C24H22N2O6. The number of fused-ring (bicyclic) bond motifs is 3. The van der Waals surface area contributed by atoms with Crippen molar-refractivity contribution in [1.82, 2.24) is 10.6 Å². The summed E-state index contributed by atoms with van der Waals surface area (Å²) < 4.78 is 10.9. The number of nitrogens with one attached hydrogen (secondary N) is 2. The van der Waals surface area contributed by atoms with Crippen LogP contribution < -0.4 is 10.6 Å². The molecule has 32 heavy (non-hydrogen) atoms. The van der Waals surface area contributed by atoms with Crippen LogP contribution in [0.2, 0.25) is 0 Å². The second-order valence-electron chi connectivity index (χ2n) is 7.34. The summed E-state index contributed by atoms with van der Waals surface area (Å²) in [5.74, 6) is -1.13. The van der Waals surface area contributed by atoms with Crippen LogP contribution in [0.5, 0.6) is 0 Å². The minimum Gasteiger partial charge on any atom is -0.481 e. The molecule has 4 rings (SSSR count). The largest absolute Gasteiger partial charge is 0.481 e. The van der Waals surface area contributed by atoms with Crippen molar-refractivity contribution in [2.24, 2.45) is 0 Å². The Morgan fingerprint density at radius 2 is 1.56 bits per heavy atom. The molecule has 0 saturated carbocycles. The second kappa shape index (κ2) is 9.38. The second-order valence-corrected chi connectivity index (χ2v) is 7.34. The molecule has 1 heterocycles. The predicted molar refractivity (Wildman–Crippen MR) is 115 cm³/mol. The van der Waals surface area contributed by atoms with Crippen LogP contribution in [0.25, 0.3) is 11.1 Å². The van der Waals surface area contributed by atoms with E-state index in [1.165, 1.54) is 6.07 Å². The summed E-state index contributed by atoms with van der Waals surface area (Å²) in [5.41, 5.74) is 4.57. The van der Waals surface area contributed by atoms with Crippen molar-refractivity contribution < 1.29 is 28.6 Å². The van der Waals surface area contributed by atoms with E-state index in [9.17, 15) is 14.4 Å². The maximum absolute atomic E-state index is 12.2. The third-order valence-electron chi connectivity index (χ3n) is 5.26. The summed E-state index contributed by atoms with van der Waals surface area (Å²) in [6.07, 6.45) is -0.765. The zero-order chi connectivity index (χ0) is 22.5. The molecule has 2 amide bonds. The third-order valence-corrected chi connectivity index (χ3v) is 5.26. The molecule has 0 unspecified atom stereocenters. The molecule has 8 nitrogen and oxygen atoms in total. The van der Waals surface area contributed by atoms with E-state index in [2.05, 4.69) is 22.8 Å². The van der Waals surface area contributed by atoms with Gasteiger partial charge in [0.15, 0.2) is 5.76 Å². The normalized spacial score (nSPS) is 12.0. The summed E-state index contributed by atoms with van der Waals surface area (Å²) in [6, 6.07) is 19.2.